The first-order valence-electron chi connectivity index (χ1n) is 9.48. The van der Waals surface area contributed by atoms with Gasteiger partial charge in [-0.2, -0.15) is 0 Å². The highest BCUT2D eigenvalue weighted by atomic mass is 32.1. The maximum atomic E-state index is 10.5. The number of rotatable bonds is 8. The van der Waals surface area contributed by atoms with Crippen LogP contribution in [0.5, 0.6) is 11.5 Å². The Kier molecular flexibility index (Phi) is 7.55. The molecule has 3 aromatic rings. The molecule has 0 radical (unpaired) electrons. The van der Waals surface area contributed by atoms with E-state index in [0.717, 1.165) is 20.5 Å². The molecule has 7 heteroatoms. The summed E-state index contributed by atoms with van der Waals surface area (Å²) >= 11 is 1.60. The first kappa shape index (κ1) is 21.5. The summed E-state index contributed by atoms with van der Waals surface area (Å²) in [4.78, 5) is 5.14. The molecule has 0 saturated carbocycles. The number of thiophene rings is 1. The predicted octanol–water partition coefficient (Wildman–Crippen LogP) is 3.32. The first-order valence-corrected chi connectivity index (χ1v) is 10.3. The van der Waals surface area contributed by atoms with Crippen molar-refractivity contribution < 1.29 is 14.6 Å². The van der Waals surface area contributed by atoms with Gasteiger partial charge < -0.3 is 25.2 Å². The molecule has 1 heterocycles. The Bertz CT molecular complexity index is 1020. The Balaban J connectivity index is 1.56. The van der Waals surface area contributed by atoms with Crippen LogP contribution in [0.25, 0.3) is 10.1 Å². The van der Waals surface area contributed by atoms with Crippen LogP contribution in [0.1, 0.15) is 16.5 Å². The maximum absolute atomic E-state index is 10.5. The SMILES string of the molecule is C#CCOc1cc(CNC(=NC)NCC(O)c2cc3ccccc3s2)ccc1OC. The summed E-state index contributed by atoms with van der Waals surface area (Å²) in [6.07, 6.45) is 4.65. The molecule has 6 nitrogen and oxygen atoms in total. The van der Waals surface area contributed by atoms with Gasteiger partial charge in [0.1, 0.15) is 12.7 Å². The average Bonchev–Trinajstić information content (AvgIpc) is 3.22. The van der Waals surface area contributed by atoms with E-state index in [1.165, 1.54) is 0 Å². The molecule has 0 aliphatic carbocycles. The molecule has 0 bridgehead atoms. The second kappa shape index (κ2) is 10.5. The van der Waals surface area contributed by atoms with Gasteiger partial charge in [-0.3, -0.25) is 4.99 Å². The number of benzene rings is 2. The molecule has 0 aliphatic heterocycles. The van der Waals surface area contributed by atoms with Gasteiger partial charge in [-0.25, -0.2) is 0 Å². The van der Waals surface area contributed by atoms with E-state index in [1.807, 2.05) is 42.5 Å². The van der Waals surface area contributed by atoms with Gasteiger partial charge in [-0.1, -0.05) is 30.2 Å². The monoisotopic (exact) mass is 423 g/mol. The number of ether oxygens (including phenoxy) is 2. The van der Waals surface area contributed by atoms with E-state index in [9.17, 15) is 5.11 Å². The Morgan fingerprint density at radius 3 is 2.77 bits per heavy atom. The summed E-state index contributed by atoms with van der Waals surface area (Å²) in [5, 5.41) is 18.1. The maximum Gasteiger partial charge on any atom is 0.191 e. The third-order valence-electron chi connectivity index (χ3n) is 4.46. The van der Waals surface area contributed by atoms with Crippen molar-refractivity contribution in [1.82, 2.24) is 10.6 Å². The summed E-state index contributed by atoms with van der Waals surface area (Å²) in [5.74, 6) is 4.27. The van der Waals surface area contributed by atoms with Crippen molar-refractivity contribution in [2.24, 2.45) is 4.99 Å². The molecule has 0 amide bonds. The van der Waals surface area contributed by atoms with Crippen molar-refractivity contribution in [3.05, 3.63) is 59.0 Å². The zero-order chi connectivity index (χ0) is 21.3. The minimum Gasteiger partial charge on any atom is -0.493 e. The topological polar surface area (TPSA) is 75.1 Å². The van der Waals surface area contributed by atoms with Crippen LogP contribution in [0.2, 0.25) is 0 Å². The van der Waals surface area contributed by atoms with Crippen LogP contribution in [0.15, 0.2) is 53.5 Å². The van der Waals surface area contributed by atoms with Crippen molar-refractivity contribution in [1.29, 1.82) is 0 Å². The van der Waals surface area contributed by atoms with Gasteiger partial charge in [0.25, 0.3) is 0 Å². The number of aliphatic hydroxyl groups is 1. The number of guanidine groups is 1. The molecular formula is C23H25N3O3S. The Hall–Kier alpha value is -3.21. The molecule has 0 spiro atoms. The third-order valence-corrected chi connectivity index (χ3v) is 5.68. The normalized spacial score (nSPS) is 12.3. The van der Waals surface area contributed by atoms with Gasteiger partial charge in [0.2, 0.25) is 0 Å². The van der Waals surface area contributed by atoms with Gasteiger partial charge >= 0.3 is 0 Å². The van der Waals surface area contributed by atoms with Crippen LogP contribution >= 0.6 is 11.3 Å². The standard InChI is InChI=1S/C23H25N3O3S/c1-4-11-29-20-12-16(9-10-19(20)28-3)14-25-23(24-2)26-15-18(27)22-13-17-7-5-6-8-21(17)30-22/h1,5-10,12-13,18,27H,11,14-15H2,2-3H3,(H2,24,25,26). The van der Waals surface area contributed by atoms with Gasteiger partial charge in [0, 0.05) is 29.7 Å². The summed E-state index contributed by atoms with van der Waals surface area (Å²) < 4.78 is 12.0. The van der Waals surface area contributed by atoms with E-state index in [1.54, 1.807) is 25.5 Å². The average molecular weight is 424 g/mol. The van der Waals surface area contributed by atoms with Crippen LogP contribution in [0, 0.1) is 12.3 Å². The van der Waals surface area contributed by atoms with Gasteiger partial charge in [-0.05, 0) is 35.2 Å². The first-order chi connectivity index (χ1) is 14.6. The second-order valence-electron chi connectivity index (χ2n) is 6.49. The molecule has 3 N–H and O–H groups in total. The van der Waals surface area contributed by atoms with Crippen LogP contribution < -0.4 is 20.1 Å². The quantitative estimate of drug-likeness (QED) is 0.294. The van der Waals surface area contributed by atoms with Crippen molar-refractivity contribution in [3.63, 3.8) is 0 Å². The van der Waals surface area contributed by atoms with E-state index in [-0.39, 0.29) is 6.61 Å². The summed E-state index contributed by atoms with van der Waals surface area (Å²) in [6.45, 7) is 1.05. The molecule has 1 aromatic heterocycles. The lowest BCUT2D eigenvalue weighted by Crippen LogP contribution is -2.38. The number of aliphatic hydroxyl groups excluding tert-OH is 1. The molecule has 1 unspecified atom stereocenters. The summed E-state index contributed by atoms with van der Waals surface area (Å²) in [7, 11) is 3.28. The molecule has 156 valence electrons. The van der Waals surface area contributed by atoms with Crippen LogP contribution in [0.3, 0.4) is 0 Å². The molecule has 30 heavy (non-hydrogen) atoms. The zero-order valence-corrected chi connectivity index (χ0v) is 17.8. The number of nitrogens with zero attached hydrogens (tertiary/aromatic N) is 1. The number of hydrogen-bond donors (Lipinski definition) is 3. The smallest absolute Gasteiger partial charge is 0.191 e. The lowest BCUT2D eigenvalue weighted by molar-refractivity contribution is 0.184. The fraction of sp³-hybridized carbons (Fsp3) is 0.261. The number of nitrogens with one attached hydrogen (secondary N) is 2. The summed E-state index contributed by atoms with van der Waals surface area (Å²) in [5.41, 5.74) is 0.982. The van der Waals surface area contributed by atoms with E-state index in [0.29, 0.717) is 30.5 Å². The molecule has 0 saturated heterocycles. The van der Waals surface area contributed by atoms with Gasteiger partial charge in [-0.15, -0.1) is 17.8 Å². The van der Waals surface area contributed by atoms with E-state index >= 15 is 0 Å². The van der Waals surface area contributed by atoms with Crippen LogP contribution in [-0.4, -0.2) is 38.4 Å². The van der Waals surface area contributed by atoms with Crippen LogP contribution in [-0.2, 0) is 6.54 Å². The Labute approximate surface area is 180 Å². The molecule has 0 fully saturated rings. The number of methoxy groups -OCH3 is 1. The number of fused-ring (bicyclic) bond motifs is 1. The fourth-order valence-corrected chi connectivity index (χ4v) is 3.98. The highest BCUT2D eigenvalue weighted by molar-refractivity contribution is 7.19. The highest BCUT2D eigenvalue weighted by Gasteiger charge is 2.12. The van der Waals surface area contributed by atoms with Crippen molar-refractivity contribution in [3.8, 4) is 23.8 Å². The predicted molar refractivity (Wildman–Crippen MR) is 122 cm³/mol. The van der Waals surface area contributed by atoms with Crippen LogP contribution in [0.4, 0.5) is 0 Å². The lowest BCUT2D eigenvalue weighted by Gasteiger charge is -2.15. The van der Waals surface area contributed by atoms with Gasteiger partial charge in [0.05, 0.1) is 7.11 Å². The largest absolute Gasteiger partial charge is 0.493 e. The molecule has 3 rings (SSSR count). The molecule has 1 atom stereocenters. The zero-order valence-electron chi connectivity index (χ0n) is 17.0. The minimum absolute atomic E-state index is 0.173. The van der Waals surface area contributed by atoms with E-state index in [4.69, 9.17) is 15.9 Å². The third kappa shape index (κ3) is 5.44. The molecule has 0 aliphatic rings. The number of aliphatic imine (C=N–C) groups is 1. The highest BCUT2D eigenvalue weighted by Crippen LogP contribution is 2.30. The fourth-order valence-electron chi connectivity index (χ4n) is 2.93. The number of hydrogen-bond acceptors (Lipinski definition) is 5. The van der Waals surface area contributed by atoms with Crippen molar-refractivity contribution in [2.45, 2.75) is 12.6 Å². The van der Waals surface area contributed by atoms with Gasteiger partial charge in [0.15, 0.2) is 17.5 Å². The van der Waals surface area contributed by atoms with Crippen molar-refractivity contribution in [2.75, 3.05) is 27.3 Å². The lowest BCUT2D eigenvalue weighted by atomic mass is 10.2. The number of terminal acetylenes is 1. The van der Waals surface area contributed by atoms with E-state index < -0.39 is 6.10 Å². The molecular weight excluding hydrogens is 398 g/mol. The summed E-state index contributed by atoms with van der Waals surface area (Å²) in [6, 6.07) is 15.8. The Morgan fingerprint density at radius 1 is 1.20 bits per heavy atom. The molecule has 2 aromatic carbocycles. The Morgan fingerprint density at radius 2 is 2.03 bits per heavy atom. The second-order valence-corrected chi connectivity index (χ2v) is 7.60. The van der Waals surface area contributed by atoms with Crippen molar-refractivity contribution >= 4 is 27.4 Å². The van der Waals surface area contributed by atoms with E-state index in [2.05, 4.69) is 27.6 Å². The minimum atomic E-state index is -0.620.